The van der Waals surface area contributed by atoms with E-state index in [0.29, 0.717) is 17.0 Å². The first kappa shape index (κ1) is 18.6. The predicted octanol–water partition coefficient (Wildman–Crippen LogP) is 3.41. The van der Waals surface area contributed by atoms with E-state index in [-0.39, 0.29) is 29.8 Å². The van der Waals surface area contributed by atoms with Crippen LogP contribution < -0.4 is 5.73 Å². The van der Waals surface area contributed by atoms with Crippen LogP contribution in [0.3, 0.4) is 0 Å². The molecule has 0 amide bonds. The maximum absolute atomic E-state index is 13.0. The molecule has 0 saturated heterocycles. The fourth-order valence-corrected chi connectivity index (χ4v) is 2.07. The lowest BCUT2D eigenvalue weighted by molar-refractivity contribution is 0.458. The SMILES string of the molecule is CCN(CC)C(N)=NCCc1ccc(F)c(Br)c1.I. The van der Waals surface area contributed by atoms with Gasteiger partial charge in [0.05, 0.1) is 4.47 Å². The summed E-state index contributed by atoms with van der Waals surface area (Å²) in [4.78, 5) is 6.33. The van der Waals surface area contributed by atoms with Gasteiger partial charge in [-0.15, -0.1) is 24.0 Å². The third kappa shape index (κ3) is 6.07. The fourth-order valence-electron chi connectivity index (χ4n) is 1.64. The van der Waals surface area contributed by atoms with Gasteiger partial charge in [-0.05, 0) is 53.9 Å². The summed E-state index contributed by atoms with van der Waals surface area (Å²) in [6.07, 6.45) is 0.751. The van der Waals surface area contributed by atoms with E-state index in [0.717, 1.165) is 25.1 Å². The van der Waals surface area contributed by atoms with Crippen LogP contribution in [-0.2, 0) is 6.42 Å². The Bertz CT molecular complexity index is 422. The summed E-state index contributed by atoms with van der Waals surface area (Å²) in [5.41, 5.74) is 6.90. The molecule has 0 aromatic heterocycles. The molecule has 0 unspecified atom stereocenters. The van der Waals surface area contributed by atoms with E-state index >= 15 is 0 Å². The third-order valence-corrected chi connectivity index (χ3v) is 3.35. The molecule has 0 aliphatic heterocycles. The van der Waals surface area contributed by atoms with Crippen molar-refractivity contribution in [3.8, 4) is 0 Å². The number of hydrogen-bond acceptors (Lipinski definition) is 1. The minimum atomic E-state index is -0.245. The normalized spacial score (nSPS) is 11.1. The Kier molecular flexibility index (Phi) is 9.34. The monoisotopic (exact) mass is 443 g/mol. The van der Waals surface area contributed by atoms with Crippen molar-refractivity contribution >= 4 is 45.9 Å². The van der Waals surface area contributed by atoms with E-state index in [2.05, 4.69) is 20.9 Å². The van der Waals surface area contributed by atoms with Crippen molar-refractivity contribution in [1.29, 1.82) is 0 Å². The van der Waals surface area contributed by atoms with Gasteiger partial charge in [-0.25, -0.2) is 4.39 Å². The predicted molar refractivity (Wildman–Crippen MR) is 92.6 cm³/mol. The van der Waals surface area contributed by atoms with E-state index in [9.17, 15) is 4.39 Å². The highest BCUT2D eigenvalue weighted by atomic mass is 127. The van der Waals surface area contributed by atoms with Crippen molar-refractivity contribution < 1.29 is 4.39 Å². The molecule has 1 rings (SSSR count). The molecule has 0 fully saturated rings. The summed E-state index contributed by atoms with van der Waals surface area (Å²) in [6, 6.07) is 5.00. The van der Waals surface area contributed by atoms with Crippen molar-refractivity contribution in [2.75, 3.05) is 19.6 Å². The second kappa shape index (κ2) is 9.52. The lowest BCUT2D eigenvalue weighted by atomic mass is 10.1. The number of rotatable bonds is 5. The van der Waals surface area contributed by atoms with Crippen LogP contribution in [-0.4, -0.2) is 30.5 Å². The molecule has 0 bridgehead atoms. The van der Waals surface area contributed by atoms with Crippen LogP contribution in [0.2, 0.25) is 0 Å². The first-order valence-corrected chi connectivity index (χ1v) is 6.86. The first-order chi connectivity index (χ1) is 8.58. The molecule has 0 heterocycles. The number of aliphatic imine (C=N–C) groups is 1. The smallest absolute Gasteiger partial charge is 0.191 e. The first-order valence-electron chi connectivity index (χ1n) is 6.07. The van der Waals surface area contributed by atoms with E-state index in [1.54, 1.807) is 12.1 Å². The number of benzene rings is 1. The number of halogens is 3. The molecule has 6 heteroatoms. The summed E-state index contributed by atoms with van der Waals surface area (Å²) >= 11 is 3.17. The van der Waals surface area contributed by atoms with Crippen LogP contribution in [0.15, 0.2) is 27.7 Å². The maximum Gasteiger partial charge on any atom is 0.191 e. The van der Waals surface area contributed by atoms with Crippen LogP contribution in [0.1, 0.15) is 19.4 Å². The molecule has 1 aromatic carbocycles. The minimum absolute atomic E-state index is 0. The second-order valence-corrected chi connectivity index (χ2v) is 4.77. The molecule has 0 radical (unpaired) electrons. The van der Waals surface area contributed by atoms with Crippen LogP contribution in [0.4, 0.5) is 4.39 Å². The summed E-state index contributed by atoms with van der Waals surface area (Å²) in [7, 11) is 0. The number of nitrogens with zero attached hydrogens (tertiary/aromatic N) is 2. The molecule has 0 aliphatic carbocycles. The van der Waals surface area contributed by atoms with Crippen molar-refractivity contribution in [2.45, 2.75) is 20.3 Å². The average Bonchev–Trinajstić information content (AvgIpc) is 2.35. The zero-order chi connectivity index (χ0) is 13.5. The van der Waals surface area contributed by atoms with E-state index in [1.807, 2.05) is 18.7 Å². The Morgan fingerprint density at radius 3 is 2.53 bits per heavy atom. The molecular weight excluding hydrogens is 424 g/mol. The highest BCUT2D eigenvalue weighted by Gasteiger charge is 2.02. The zero-order valence-electron chi connectivity index (χ0n) is 11.2. The summed E-state index contributed by atoms with van der Waals surface area (Å²) < 4.78 is 13.5. The van der Waals surface area contributed by atoms with Gasteiger partial charge in [0.25, 0.3) is 0 Å². The van der Waals surface area contributed by atoms with Crippen LogP contribution >= 0.6 is 39.9 Å². The second-order valence-electron chi connectivity index (χ2n) is 3.91. The summed E-state index contributed by atoms with van der Waals surface area (Å²) in [5.74, 6) is 0.325. The van der Waals surface area contributed by atoms with Crippen LogP contribution in [0, 0.1) is 5.82 Å². The topological polar surface area (TPSA) is 41.6 Å². The third-order valence-electron chi connectivity index (χ3n) is 2.75. The fraction of sp³-hybridized carbons (Fsp3) is 0.462. The van der Waals surface area contributed by atoms with Gasteiger partial charge in [-0.2, -0.15) is 0 Å². The van der Waals surface area contributed by atoms with Crippen LogP contribution in [0.5, 0.6) is 0 Å². The largest absolute Gasteiger partial charge is 0.370 e. The zero-order valence-corrected chi connectivity index (χ0v) is 15.1. The van der Waals surface area contributed by atoms with Gasteiger partial charge < -0.3 is 10.6 Å². The molecule has 0 atom stereocenters. The van der Waals surface area contributed by atoms with Crippen molar-refractivity contribution in [3.63, 3.8) is 0 Å². The molecule has 19 heavy (non-hydrogen) atoms. The Hall–Kier alpha value is -0.370. The van der Waals surface area contributed by atoms with E-state index in [1.165, 1.54) is 6.07 Å². The summed E-state index contributed by atoms with van der Waals surface area (Å²) in [6.45, 7) is 6.41. The van der Waals surface area contributed by atoms with E-state index < -0.39 is 0 Å². The minimum Gasteiger partial charge on any atom is -0.370 e. The number of hydrogen-bond donors (Lipinski definition) is 1. The van der Waals surface area contributed by atoms with Crippen molar-refractivity contribution in [3.05, 3.63) is 34.1 Å². The van der Waals surface area contributed by atoms with Gasteiger partial charge in [-0.3, -0.25) is 4.99 Å². The quantitative estimate of drug-likeness (QED) is 0.430. The molecule has 0 saturated carbocycles. The number of nitrogens with two attached hydrogens (primary N) is 1. The Morgan fingerprint density at radius 1 is 1.37 bits per heavy atom. The van der Waals surface area contributed by atoms with Gasteiger partial charge in [0.15, 0.2) is 5.96 Å². The molecule has 0 aliphatic rings. The van der Waals surface area contributed by atoms with Gasteiger partial charge in [0.2, 0.25) is 0 Å². The maximum atomic E-state index is 13.0. The molecule has 0 spiro atoms. The lowest BCUT2D eigenvalue weighted by Gasteiger charge is -2.19. The van der Waals surface area contributed by atoms with E-state index in [4.69, 9.17) is 5.73 Å². The van der Waals surface area contributed by atoms with Gasteiger partial charge in [0.1, 0.15) is 5.82 Å². The highest BCUT2D eigenvalue weighted by Crippen LogP contribution is 2.17. The molecule has 3 nitrogen and oxygen atoms in total. The average molecular weight is 444 g/mol. The Balaban J connectivity index is 0.00000324. The Labute approximate surface area is 139 Å². The van der Waals surface area contributed by atoms with Crippen LogP contribution in [0.25, 0.3) is 0 Å². The molecule has 2 N–H and O–H groups in total. The van der Waals surface area contributed by atoms with Gasteiger partial charge >= 0.3 is 0 Å². The Morgan fingerprint density at radius 2 is 2.00 bits per heavy atom. The lowest BCUT2D eigenvalue weighted by Crippen LogP contribution is -2.37. The standard InChI is InChI=1S/C13H19BrFN3.HI/c1-3-18(4-2)13(16)17-8-7-10-5-6-12(15)11(14)9-10;/h5-6,9H,3-4,7-8H2,1-2H3,(H2,16,17);1H. The van der Waals surface area contributed by atoms with Gasteiger partial charge in [0, 0.05) is 19.6 Å². The summed E-state index contributed by atoms with van der Waals surface area (Å²) in [5, 5.41) is 0. The molecule has 108 valence electrons. The molecule has 1 aromatic rings. The van der Waals surface area contributed by atoms with Crippen molar-refractivity contribution in [2.24, 2.45) is 10.7 Å². The van der Waals surface area contributed by atoms with Crippen molar-refractivity contribution in [1.82, 2.24) is 4.90 Å². The highest BCUT2D eigenvalue weighted by molar-refractivity contribution is 14.0. The van der Waals surface area contributed by atoms with Gasteiger partial charge in [-0.1, -0.05) is 6.07 Å². The molecular formula is C13H20BrFIN3. The number of guanidine groups is 1.